The summed E-state index contributed by atoms with van der Waals surface area (Å²) in [5, 5.41) is 5.32. The third-order valence-electron chi connectivity index (χ3n) is 5.84. The van der Waals surface area contributed by atoms with E-state index in [2.05, 4.69) is 10.6 Å². The largest absolute Gasteiger partial charge is 0.479 e. The number of amides is 2. The van der Waals surface area contributed by atoms with E-state index in [0.717, 1.165) is 0 Å². The minimum Gasteiger partial charge on any atom is -0.479 e. The van der Waals surface area contributed by atoms with Crippen molar-refractivity contribution in [3.63, 3.8) is 0 Å². The number of nitrogens with one attached hydrogen (secondary N) is 2. The van der Waals surface area contributed by atoms with Gasteiger partial charge < -0.3 is 15.4 Å². The number of anilines is 2. The molecule has 0 radical (unpaired) electrons. The molecule has 2 aromatic rings. The summed E-state index contributed by atoms with van der Waals surface area (Å²) in [6.45, 7) is 3.59. The van der Waals surface area contributed by atoms with Crippen LogP contribution in [0.5, 0.6) is 5.75 Å². The number of benzene rings is 2. The van der Waals surface area contributed by atoms with Gasteiger partial charge in [-0.25, -0.2) is 12.8 Å². The van der Waals surface area contributed by atoms with Crippen molar-refractivity contribution in [2.45, 2.75) is 37.7 Å². The third-order valence-corrected chi connectivity index (χ3v) is 8.17. The molecule has 4 rings (SSSR count). The van der Waals surface area contributed by atoms with Crippen molar-refractivity contribution in [1.29, 1.82) is 0 Å². The molecule has 1 atom stereocenters. The summed E-state index contributed by atoms with van der Waals surface area (Å²) in [5.41, 5.74) is 1.30. The van der Waals surface area contributed by atoms with E-state index in [1.54, 1.807) is 19.9 Å². The molecule has 2 aromatic carbocycles. The van der Waals surface area contributed by atoms with Crippen molar-refractivity contribution in [3.05, 3.63) is 46.7 Å². The van der Waals surface area contributed by atoms with Gasteiger partial charge in [0.1, 0.15) is 11.6 Å². The Balaban J connectivity index is 1.45. The van der Waals surface area contributed by atoms with Crippen LogP contribution in [0.1, 0.15) is 25.3 Å². The van der Waals surface area contributed by atoms with Crippen molar-refractivity contribution < 1.29 is 27.1 Å². The molecule has 0 aromatic heterocycles. The number of piperidine rings is 1. The van der Waals surface area contributed by atoms with Gasteiger partial charge in [-0.05, 0) is 56.5 Å². The lowest BCUT2D eigenvalue weighted by atomic mass is 9.97. The smallest absolute Gasteiger partial charge is 0.265 e. The average molecular weight is 496 g/mol. The second kappa shape index (κ2) is 8.92. The summed E-state index contributed by atoms with van der Waals surface area (Å²) in [6.07, 6.45) is -0.0396. The highest BCUT2D eigenvalue weighted by Crippen LogP contribution is 2.36. The first-order valence-corrected chi connectivity index (χ1v) is 12.3. The van der Waals surface area contributed by atoms with Crippen LogP contribution in [0.15, 0.2) is 35.2 Å². The number of carbonyl (C=O) groups is 2. The number of hydrogen-bond donors (Lipinski definition) is 2. The van der Waals surface area contributed by atoms with E-state index in [1.165, 1.54) is 28.6 Å². The fourth-order valence-electron chi connectivity index (χ4n) is 3.94. The summed E-state index contributed by atoms with van der Waals surface area (Å²) < 4.78 is 46.8. The first kappa shape index (κ1) is 23.5. The number of fused-ring (bicyclic) bond motifs is 1. The predicted octanol–water partition coefficient (Wildman–Crippen LogP) is 3.55. The van der Waals surface area contributed by atoms with Crippen molar-refractivity contribution in [1.82, 2.24) is 4.31 Å². The second-order valence-electron chi connectivity index (χ2n) is 8.16. The van der Waals surface area contributed by atoms with E-state index < -0.39 is 21.9 Å². The SMILES string of the molecule is Cc1cc2c(cc1S(=O)(=O)N1CCC(C(=O)Nc3ccc(F)c(Cl)c3)CC1)O[C@@H](C)C(=O)N2. The molecule has 33 heavy (non-hydrogen) atoms. The highest BCUT2D eigenvalue weighted by atomic mass is 35.5. The topological polar surface area (TPSA) is 105 Å². The second-order valence-corrected chi connectivity index (χ2v) is 10.5. The van der Waals surface area contributed by atoms with Gasteiger partial charge in [-0.15, -0.1) is 0 Å². The van der Waals surface area contributed by atoms with Gasteiger partial charge in [0.05, 0.1) is 15.6 Å². The molecule has 0 aliphatic carbocycles. The quantitative estimate of drug-likeness (QED) is 0.675. The standard InChI is InChI=1S/C22H23ClFN3O5S/c1-12-9-18-19(32-13(2)21(28)26-18)11-20(12)33(30,31)27-7-5-14(6-8-27)22(29)25-15-3-4-17(24)16(23)10-15/h3-4,9-11,13-14H,5-8H2,1-2H3,(H,25,29)(H,26,28)/t13-/m0/s1. The van der Waals surface area contributed by atoms with Gasteiger partial charge >= 0.3 is 0 Å². The Morgan fingerprint density at radius 1 is 1.24 bits per heavy atom. The van der Waals surface area contributed by atoms with Gasteiger partial charge in [-0.1, -0.05) is 11.6 Å². The van der Waals surface area contributed by atoms with E-state index >= 15 is 0 Å². The zero-order chi connectivity index (χ0) is 23.9. The van der Waals surface area contributed by atoms with Gasteiger partial charge in [0.2, 0.25) is 15.9 Å². The van der Waals surface area contributed by atoms with Crippen molar-refractivity contribution in [2.75, 3.05) is 23.7 Å². The van der Waals surface area contributed by atoms with Crippen LogP contribution in [0.4, 0.5) is 15.8 Å². The Morgan fingerprint density at radius 3 is 2.61 bits per heavy atom. The minimum absolute atomic E-state index is 0.0907. The molecular weight excluding hydrogens is 473 g/mol. The van der Waals surface area contributed by atoms with Crippen LogP contribution in [-0.2, 0) is 19.6 Å². The Labute approximate surface area is 196 Å². The van der Waals surface area contributed by atoms with Crippen molar-refractivity contribution in [2.24, 2.45) is 5.92 Å². The van der Waals surface area contributed by atoms with Crippen LogP contribution in [0.2, 0.25) is 5.02 Å². The maximum absolute atomic E-state index is 13.3. The summed E-state index contributed by atoms with van der Waals surface area (Å²) in [6, 6.07) is 6.94. The first-order valence-electron chi connectivity index (χ1n) is 10.4. The maximum atomic E-state index is 13.3. The number of rotatable bonds is 4. The number of halogens is 2. The summed E-state index contributed by atoms with van der Waals surface area (Å²) in [4.78, 5) is 24.5. The fraction of sp³-hybridized carbons (Fsp3) is 0.364. The normalized spacial score (nSPS) is 19.4. The lowest BCUT2D eigenvalue weighted by Crippen LogP contribution is -2.41. The molecule has 2 amide bonds. The molecule has 0 saturated carbocycles. The van der Waals surface area contributed by atoms with Gasteiger partial charge in [-0.2, -0.15) is 4.31 Å². The maximum Gasteiger partial charge on any atom is 0.265 e. The number of carbonyl (C=O) groups excluding carboxylic acids is 2. The van der Waals surface area contributed by atoms with E-state index in [9.17, 15) is 22.4 Å². The molecule has 2 aliphatic rings. The van der Waals surface area contributed by atoms with Gasteiger partial charge in [-0.3, -0.25) is 9.59 Å². The van der Waals surface area contributed by atoms with Crippen molar-refractivity contribution >= 4 is 44.8 Å². The molecule has 2 N–H and O–H groups in total. The van der Waals surface area contributed by atoms with Crippen LogP contribution >= 0.6 is 11.6 Å². The molecule has 176 valence electrons. The predicted molar refractivity (Wildman–Crippen MR) is 121 cm³/mol. The molecule has 1 fully saturated rings. The molecule has 0 spiro atoms. The van der Waals surface area contributed by atoms with Crippen LogP contribution < -0.4 is 15.4 Å². The van der Waals surface area contributed by atoms with Gasteiger partial charge in [0.25, 0.3) is 5.91 Å². The van der Waals surface area contributed by atoms with Crippen LogP contribution in [-0.4, -0.2) is 43.7 Å². The van der Waals surface area contributed by atoms with Crippen LogP contribution in [0, 0.1) is 18.7 Å². The highest BCUT2D eigenvalue weighted by molar-refractivity contribution is 7.89. The monoisotopic (exact) mass is 495 g/mol. The molecular formula is C22H23ClFN3O5S. The summed E-state index contributed by atoms with van der Waals surface area (Å²) in [5.74, 6) is -1.21. The Hall–Kier alpha value is -2.69. The van der Waals surface area contributed by atoms with E-state index in [-0.39, 0.29) is 40.7 Å². The van der Waals surface area contributed by atoms with Gasteiger partial charge in [0.15, 0.2) is 6.10 Å². The molecule has 8 nitrogen and oxygen atoms in total. The highest BCUT2D eigenvalue weighted by Gasteiger charge is 2.34. The zero-order valence-electron chi connectivity index (χ0n) is 18.0. The minimum atomic E-state index is -3.83. The van der Waals surface area contributed by atoms with E-state index in [0.29, 0.717) is 35.5 Å². The number of aryl methyl sites for hydroxylation is 1. The van der Waals surface area contributed by atoms with E-state index in [1.807, 2.05) is 0 Å². The molecule has 0 unspecified atom stereocenters. The first-order chi connectivity index (χ1) is 15.6. The van der Waals surface area contributed by atoms with E-state index in [4.69, 9.17) is 16.3 Å². The number of sulfonamides is 1. The lowest BCUT2D eigenvalue weighted by Gasteiger charge is -2.31. The molecule has 2 heterocycles. The summed E-state index contributed by atoms with van der Waals surface area (Å²) >= 11 is 5.75. The lowest BCUT2D eigenvalue weighted by molar-refractivity contribution is -0.123. The Bertz CT molecular complexity index is 1230. The Kier molecular flexibility index (Phi) is 6.35. The average Bonchev–Trinajstić information content (AvgIpc) is 2.77. The third kappa shape index (κ3) is 4.68. The Morgan fingerprint density at radius 2 is 1.94 bits per heavy atom. The molecule has 0 bridgehead atoms. The molecule has 1 saturated heterocycles. The summed E-state index contributed by atoms with van der Waals surface area (Å²) in [7, 11) is -3.83. The van der Waals surface area contributed by atoms with Crippen molar-refractivity contribution in [3.8, 4) is 5.75 Å². The van der Waals surface area contributed by atoms with Crippen LogP contribution in [0.3, 0.4) is 0 Å². The van der Waals surface area contributed by atoms with Crippen LogP contribution in [0.25, 0.3) is 0 Å². The molecule has 11 heteroatoms. The number of ether oxygens (including phenoxy) is 1. The number of hydrogen-bond acceptors (Lipinski definition) is 5. The zero-order valence-corrected chi connectivity index (χ0v) is 19.6. The van der Waals surface area contributed by atoms with Gasteiger partial charge in [0, 0.05) is 30.8 Å². The fourth-order valence-corrected chi connectivity index (χ4v) is 5.81. The number of nitrogens with zero attached hydrogens (tertiary/aromatic N) is 1. The molecule has 2 aliphatic heterocycles.